The summed E-state index contributed by atoms with van der Waals surface area (Å²) in [6.07, 6.45) is -0.324. The van der Waals surface area contributed by atoms with Gasteiger partial charge in [0.05, 0.1) is 10.9 Å². The fraction of sp³-hybridized carbons (Fsp3) is 0.857. The lowest BCUT2D eigenvalue weighted by molar-refractivity contribution is -0.142. The monoisotopic (exact) mass is 175 g/mol. The highest BCUT2D eigenvalue weighted by Crippen LogP contribution is 2.19. The van der Waals surface area contributed by atoms with Gasteiger partial charge in [-0.15, -0.1) is 0 Å². The number of aliphatic hydroxyl groups is 1. The number of aliphatic hydroxyl groups excluding tert-OH is 1. The predicted molar refractivity (Wildman–Crippen MR) is 45.7 cm³/mol. The third-order valence-electron chi connectivity index (χ3n) is 1.67. The first-order chi connectivity index (χ1) is 4.91. The minimum atomic E-state index is -0.611. The average Bonchev–Trinajstić information content (AvgIpc) is 1.77. The van der Waals surface area contributed by atoms with E-state index < -0.39 is 4.75 Å². The molecule has 1 N–H and O–H groups in total. The van der Waals surface area contributed by atoms with Crippen LogP contribution in [0.2, 0.25) is 0 Å². The minimum absolute atomic E-state index is 0.00821. The van der Waals surface area contributed by atoms with Crippen molar-refractivity contribution in [1.29, 1.82) is 0 Å². The molecule has 0 aromatic heterocycles. The minimum Gasteiger partial charge on any atom is -0.389 e. The second-order valence-corrected chi connectivity index (χ2v) is 4.54. The maximum atomic E-state index is 11.3. The maximum absolute atomic E-state index is 11.3. The molecule has 1 fully saturated rings. The number of hydrogen-bond donors (Lipinski definition) is 2. The summed E-state index contributed by atoms with van der Waals surface area (Å²) in [7, 11) is 0. The zero-order valence-electron chi connectivity index (χ0n) is 6.74. The van der Waals surface area contributed by atoms with Crippen molar-refractivity contribution in [3.8, 4) is 0 Å². The van der Waals surface area contributed by atoms with Crippen LogP contribution in [0.15, 0.2) is 0 Å². The van der Waals surface area contributed by atoms with Crippen molar-refractivity contribution in [3.63, 3.8) is 0 Å². The Balaban J connectivity index is 2.45. The van der Waals surface area contributed by atoms with Crippen molar-refractivity contribution in [1.82, 2.24) is 4.90 Å². The number of carbonyl (C=O) groups is 1. The maximum Gasteiger partial charge on any atom is 0.238 e. The van der Waals surface area contributed by atoms with Gasteiger partial charge < -0.3 is 10.0 Å². The van der Waals surface area contributed by atoms with E-state index in [4.69, 9.17) is 5.11 Å². The number of hydrogen-bond acceptors (Lipinski definition) is 3. The lowest BCUT2D eigenvalue weighted by atomic mass is 10.1. The van der Waals surface area contributed by atoms with Gasteiger partial charge in [0, 0.05) is 13.1 Å². The van der Waals surface area contributed by atoms with Crippen LogP contribution in [-0.4, -0.2) is 39.9 Å². The van der Waals surface area contributed by atoms with Crippen LogP contribution in [0.25, 0.3) is 0 Å². The van der Waals surface area contributed by atoms with E-state index in [2.05, 4.69) is 12.6 Å². The molecule has 1 aliphatic heterocycles. The summed E-state index contributed by atoms with van der Waals surface area (Å²) in [5.41, 5.74) is 0. The first-order valence-electron chi connectivity index (χ1n) is 3.61. The van der Waals surface area contributed by atoms with Crippen LogP contribution >= 0.6 is 12.6 Å². The fourth-order valence-corrected chi connectivity index (χ4v) is 1.15. The van der Waals surface area contributed by atoms with Gasteiger partial charge in [-0.3, -0.25) is 4.79 Å². The highest BCUT2D eigenvalue weighted by molar-refractivity contribution is 7.82. The van der Waals surface area contributed by atoms with Crippen LogP contribution in [0.1, 0.15) is 13.8 Å². The molecule has 0 aromatic carbocycles. The molecule has 0 saturated carbocycles. The lowest BCUT2D eigenvalue weighted by Gasteiger charge is -2.39. The van der Waals surface area contributed by atoms with Crippen LogP contribution in [0.3, 0.4) is 0 Å². The third kappa shape index (κ3) is 1.87. The van der Waals surface area contributed by atoms with E-state index in [1.165, 1.54) is 0 Å². The molecular formula is C7H13NO2S. The summed E-state index contributed by atoms with van der Waals surface area (Å²) >= 11 is 4.13. The number of rotatable bonds is 1. The Kier molecular flexibility index (Phi) is 2.16. The number of nitrogens with zero attached hydrogens (tertiary/aromatic N) is 1. The van der Waals surface area contributed by atoms with Crippen LogP contribution in [0.5, 0.6) is 0 Å². The second-order valence-electron chi connectivity index (χ2n) is 3.42. The Hall–Kier alpha value is -0.220. The molecule has 0 unspecified atom stereocenters. The van der Waals surface area contributed by atoms with Crippen LogP contribution in [0.4, 0.5) is 0 Å². The quantitative estimate of drug-likeness (QED) is 0.546. The highest BCUT2D eigenvalue weighted by Gasteiger charge is 2.35. The highest BCUT2D eigenvalue weighted by atomic mass is 32.1. The molecule has 64 valence electrons. The predicted octanol–water partition coefficient (Wildman–Crippen LogP) is -0.102. The average molecular weight is 175 g/mol. The first kappa shape index (κ1) is 8.87. The summed E-state index contributed by atoms with van der Waals surface area (Å²) < 4.78 is -0.611. The topological polar surface area (TPSA) is 40.5 Å². The summed E-state index contributed by atoms with van der Waals surface area (Å²) in [6.45, 7) is 4.43. The van der Waals surface area contributed by atoms with E-state index in [0.29, 0.717) is 13.1 Å². The van der Waals surface area contributed by atoms with E-state index in [1.54, 1.807) is 18.7 Å². The van der Waals surface area contributed by atoms with Gasteiger partial charge in [-0.05, 0) is 13.8 Å². The standard InChI is InChI=1S/C7H13NO2S/c1-7(2,11)6(10)8-3-5(9)4-8/h5,9,11H,3-4H2,1-2H3. The Labute approximate surface area is 71.8 Å². The van der Waals surface area contributed by atoms with Crippen LogP contribution in [-0.2, 0) is 4.79 Å². The molecule has 0 aromatic rings. The molecule has 3 nitrogen and oxygen atoms in total. The van der Waals surface area contributed by atoms with Gasteiger partial charge in [0.2, 0.25) is 5.91 Å². The molecule has 4 heteroatoms. The summed E-state index contributed by atoms with van der Waals surface area (Å²) in [5, 5.41) is 8.91. The Morgan fingerprint density at radius 1 is 1.64 bits per heavy atom. The van der Waals surface area contributed by atoms with E-state index in [0.717, 1.165) is 0 Å². The van der Waals surface area contributed by atoms with Crippen molar-refractivity contribution in [2.45, 2.75) is 24.7 Å². The normalized spacial score (nSPS) is 19.8. The number of carbonyl (C=O) groups excluding carboxylic acids is 1. The molecule has 11 heavy (non-hydrogen) atoms. The largest absolute Gasteiger partial charge is 0.389 e. The molecule has 1 amide bonds. The zero-order valence-corrected chi connectivity index (χ0v) is 7.64. The third-order valence-corrected chi connectivity index (χ3v) is 1.86. The van der Waals surface area contributed by atoms with Crippen molar-refractivity contribution in [3.05, 3.63) is 0 Å². The molecule has 0 spiro atoms. The smallest absolute Gasteiger partial charge is 0.238 e. The van der Waals surface area contributed by atoms with Gasteiger partial charge in [0.25, 0.3) is 0 Å². The van der Waals surface area contributed by atoms with Gasteiger partial charge >= 0.3 is 0 Å². The van der Waals surface area contributed by atoms with Crippen LogP contribution in [0, 0.1) is 0 Å². The van der Waals surface area contributed by atoms with E-state index in [1.807, 2.05) is 0 Å². The number of thiol groups is 1. The van der Waals surface area contributed by atoms with Crippen molar-refractivity contribution < 1.29 is 9.90 Å². The molecular weight excluding hydrogens is 162 g/mol. The van der Waals surface area contributed by atoms with E-state index in [-0.39, 0.29) is 12.0 Å². The summed E-state index contributed by atoms with van der Waals surface area (Å²) in [6, 6.07) is 0. The number of amides is 1. The van der Waals surface area contributed by atoms with Gasteiger partial charge in [-0.2, -0.15) is 12.6 Å². The molecule has 0 aliphatic carbocycles. The summed E-state index contributed by atoms with van der Waals surface area (Å²) in [5.74, 6) is -0.00821. The molecule has 0 radical (unpaired) electrons. The van der Waals surface area contributed by atoms with Crippen molar-refractivity contribution >= 4 is 18.5 Å². The zero-order chi connectivity index (χ0) is 8.65. The van der Waals surface area contributed by atoms with Crippen molar-refractivity contribution in [2.75, 3.05) is 13.1 Å². The van der Waals surface area contributed by atoms with Crippen molar-refractivity contribution in [2.24, 2.45) is 0 Å². The molecule has 0 atom stereocenters. The Morgan fingerprint density at radius 3 is 2.36 bits per heavy atom. The molecule has 1 saturated heterocycles. The molecule has 1 rings (SSSR count). The SMILES string of the molecule is CC(C)(S)C(=O)N1CC(O)C1. The first-order valence-corrected chi connectivity index (χ1v) is 4.06. The summed E-state index contributed by atoms with van der Waals surface area (Å²) in [4.78, 5) is 12.9. The number of likely N-dealkylation sites (tertiary alicyclic amines) is 1. The fourth-order valence-electron chi connectivity index (χ4n) is 1.01. The molecule has 1 aliphatic rings. The molecule has 0 bridgehead atoms. The lowest BCUT2D eigenvalue weighted by Crippen LogP contribution is -2.57. The van der Waals surface area contributed by atoms with Gasteiger partial charge in [0.15, 0.2) is 0 Å². The van der Waals surface area contributed by atoms with E-state index >= 15 is 0 Å². The molecule has 1 heterocycles. The number of β-amino-alcohol motifs (C(OH)–C–C–N with tert-alkyl or cyclic N) is 1. The van der Waals surface area contributed by atoms with E-state index in [9.17, 15) is 4.79 Å². The van der Waals surface area contributed by atoms with Crippen LogP contribution < -0.4 is 0 Å². The van der Waals surface area contributed by atoms with Gasteiger partial charge in [-0.25, -0.2) is 0 Å². The van der Waals surface area contributed by atoms with Gasteiger partial charge in [-0.1, -0.05) is 0 Å². The Morgan fingerprint density at radius 2 is 2.09 bits per heavy atom. The Bertz CT molecular complexity index is 170. The second kappa shape index (κ2) is 2.68. The van der Waals surface area contributed by atoms with Gasteiger partial charge in [0.1, 0.15) is 0 Å².